The minimum absolute atomic E-state index is 0.0928. The van der Waals surface area contributed by atoms with Gasteiger partial charge in [0.05, 0.1) is 37.1 Å². The molecule has 44 heavy (non-hydrogen) atoms. The topological polar surface area (TPSA) is 136 Å². The molecule has 0 spiro atoms. The summed E-state index contributed by atoms with van der Waals surface area (Å²) in [5, 5.41) is 23.2. The maximum absolute atomic E-state index is 14.1. The number of ketones is 1. The number of cyclic esters (lactones) is 1. The Bertz CT molecular complexity index is 1060. The van der Waals surface area contributed by atoms with Gasteiger partial charge in [0.2, 0.25) is 0 Å². The minimum atomic E-state index is -1.59. The highest BCUT2D eigenvalue weighted by molar-refractivity contribution is 6.00. The van der Waals surface area contributed by atoms with Gasteiger partial charge < -0.3 is 38.8 Å². The molecule has 0 aliphatic carbocycles. The van der Waals surface area contributed by atoms with Gasteiger partial charge in [0.25, 0.3) is 0 Å². The average Bonchev–Trinajstić information content (AvgIpc) is 2.98. The Kier molecular flexibility index (Phi) is 12.3. The molecule has 2 N–H and O–H groups in total. The van der Waals surface area contributed by atoms with E-state index in [9.17, 15) is 19.8 Å². The van der Waals surface area contributed by atoms with Gasteiger partial charge in [-0.15, -0.1) is 0 Å². The number of ether oxygens (including phenoxy) is 5. The second-order valence-corrected chi connectivity index (χ2v) is 13.8. The maximum Gasteiger partial charge on any atom is 0.316 e. The molecule has 0 radical (unpaired) electrons. The number of fused-ring (bicyclic) bond motifs is 5. The summed E-state index contributed by atoms with van der Waals surface area (Å²) < 4.78 is 31.6. The number of hydrogen-bond acceptors (Lipinski definition) is 11. The second-order valence-electron chi connectivity index (χ2n) is 13.8. The fourth-order valence-corrected chi connectivity index (χ4v) is 6.96. The summed E-state index contributed by atoms with van der Waals surface area (Å²) in [4.78, 5) is 34.1. The number of nitrogens with zero attached hydrogens (tertiary/aromatic N) is 2. The van der Waals surface area contributed by atoms with Gasteiger partial charge in [-0.1, -0.05) is 27.4 Å². The fourth-order valence-electron chi connectivity index (χ4n) is 6.96. The molecule has 0 aromatic heterocycles. The van der Waals surface area contributed by atoms with Gasteiger partial charge in [-0.3, -0.25) is 14.6 Å². The SMILES string of the molecule is C=C1CO[C@H]2CC(=NC)[C@H](C)C[C@@](C)(OC1)[C@H](O[C@@H]1O[C@H](C)C[C@H](N(C)C)[C@H]1O)[C@@H](C)C(=O)[C@@H](C)C(=O)O[C@@H](CC)[C@@]2(C)O. The van der Waals surface area contributed by atoms with E-state index >= 15 is 0 Å². The number of carbonyl (C=O) groups excluding carboxylic acids is 2. The molecule has 0 saturated carbocycles. The van der Waals surface area contributed by atoms with Gasteiger partial charge in [-0.2, -0.15) is 0 Å². The summed E-state index contributed by atoms with van der Waals surface area (Å²) in [6.45, 7) is 16.8. The van der Waals surface area contributed by atoms with Crippen LogP contribution in [0.4, 0.5) is 0 Å². The van der Waals surface area contributed by atoms with Crippen molar-refractivity contribution in [3.8, 4) is 0 Å². The van der Waals surface area contributed by atoms with E-state index in [1.807, 2.05) is 46.7 Å². The van der Waals surface area contributed by atoms with Crippen LogP contribution in [0, 0.1) is 17.8 Å². The van der Waals surface area contributed by atoms with E-state index < -0.39 is 65.5 Å². The van der Waals surface area contributed by atoms with Crippen molar-refractivity contribution in [3.63, 3.8) is 0 Å². The number of Topliss-reactive ketones (excluding diaryl/α,β-unsaturated/α-hetero) is 1. The van der Waals surface area contributed by atoms with Crippen molar-refractivity contribution in [3.05, 3.63) is 12.2 Å². The van der Waals surface area contributed by atoms with E-state index in [0.29, 0.717) is 24.8 Å². The number of aliphatic hydroxyl groups excluding tert-OH is 1. The lowest BCUT2D eigenvalue weighted by molar-refractivity contribution is -0.296. The Morgan fingerprint density at radius 1 is 1.14 bits per heavy atom. The first kappa shape index (κ1) is 36.7. The predicted molar refractivity (Wildman–Crippen MR) is 166 cm³/mol. The van der Waals surface area contributed by atoms with E-state index in [0.717, 1.165) is 5.71 Å². The van der Waals surface area contributed by atoms with Gasteiger partial charge >= 0.3 is 5.97 Å². The van der Waals surface area contributed by atoms with Crippen LogP contribution in [-0.2, 0) is 33.3 Å². The molecule has 3 aliphatic heterocycles. The smallest absolute Gasteiger partial charge is 0.316 e. The number of hydrogen-bond donors (Lipinski definition) is 2. The number of esters is 1. The Hall–Kier alpha value is -1.73. The van der Waals surface area contributed by atoms with Gasteiger partial charge in [0.15, 0.2) is 12.1 Å². The first-order valence-corrected chi connectivity index (χ1v) is 16.0. The van der Waals surface area contributed by atoms with Crippen molar-refractivity contribution in [2.45, 2.75) is 128 Å². The van der Waals surface area contributed by atoms with Crippen LogP contribution in [0.15, 0.2) is 17.1 Å². The highest BCUT2D eigenvalue weighted by Gasteiger charge is 2.51. The first-order valence-electron chi connectivity index (χ1n) is 16.0. The molecule has 0 aromatic rings. The van der Waals surface area contributed by atoms with Crippen LogP contribution in [0.5, 0.6) is 0 Å². The van der Waals surface area contributed by atoms with Crippen molar-refractivity contribution in [2.24, 2.45) is 22.7 Å². The molecule has 0 aromatic carbocycles. The van der Waals surface area contributed by atoms with Crippen LogP contribution in [-0.4, -0.2) is 121 Å². The van der Waals surface area contributed by atoms with Gasteiger partial charge in [-0.25, -0.2) is 0 Å². The number of aliphatic hydroxyl groups is 2. The predicted octanol–water partition coefficient (Wildman–Crippen LogP) is 2.94. The highest BCUT2D eigenvalue weighted by atomic mass is 16.7. The molecule has 11 nitrogen and oxygen atoms in total. The van der Waals surface area contributed by atoms with Gasteiger partial charge in [0, 0.05) is 31.1 Å². The standard InChI is InChI=1S/C33H56N2O9/c1-12-25-33(8,39)26-14-23(34-9)19(3)15-32(7,41-17-18(2)16-40-26)29(21(5)27(36)22(6)30(38)43-25)44-31-28(37)24(35(10)11)13-20(4)42-31/h19-22,24-26,28-29,31,37,39H,2,12-17H2,1,3-11H3/t19-,20-,21+,22-,24+,25+,26+,28-,29-,31+,32-,33-/m1/s1. The van der Waals surface area contributed by atoms with Crippen molar-refractivity contribution < 1.29 is 43.5 Å². The van der Waals surface area contributed by atoms with Crippen LogP contribution in [0.3, 0.4) is 0 Å². The lowest BCUT2D eigenvalue weighted by Crippen LogP contribution is -2.59. The maximum atomic E-state index is 14.1. The molecule has 3 fully saturated rings. The van der Waals surface area contributed by atoms with E-state index in [-0.39, 0.29) is 37.7 Å². The number of aliphatic imine (C=N–C) groups is 1. The first-order chi connectivity index (χ1) is 20.5. The summed E-state index contributed by atoms with van der Waals surface area (Å²) in [5.74, 6) is -3.34. The van der Waals surface area contributed by atoms with E-state index in [1.165, 1.54) is 6.92 Å². The Morgan fingerprint density at radius 2 is 1.80 bits per heavy atom. The molecule has 0 amide bonds. The quantitative estimate of drug-likeness (QED) is 0.273. The zero-order chi connectivity index (χ0) is 33.1. The van der Waals surface area contributed by atoms with E-state index in [1.54, 1.807) is 20.9 Å². The largest absolute Gasteiger partial charge is 0.459 e. The highest BCUT2D eigenvalue weighted by Crippen LogP contribution is 2.39. The normalized spacial score (nSPS) is 44.6. The van der Waals surface area contributed by atoms with Crippen LogP contribution in [0.1, 0.15) is 74.1 Å². The van der Waals surface area contributed by atoms with Crippen LogP contribution >= 0.6 is 0 Å². The number of likely N-dealkylation sites (N-methyl/N-ethyl adjacent to an activating group) is 1. The molecular formula is C33H56N2O9. The lowest BCUT2D eigenvalue weighted by atomic mass is 9.76. The molecular weight excluding hydrogens is 568 g/mol. The third-order valence-corrected chi connectivity index (χ3v) is 9.83. The van der Waals surface area contributed by atoms with E-state index in [2.05, 4.69) is 11.6 Å². The van der Waals surface area contributed by atoms with Crippen molar-refractivity contribution >= 4 is 17.5 Å². The Morgan fingerprint density at radius 3 is 2.39 bits per heavy atom. The number of rotatable bonds is 4. The molecule has 3 aliphatic rings. The van der Waals surface area contributed by atoms with Crippen LogP contribution < -0.4 is 0 Å². The third-order valence-electron chi connectivity index (χ3n) is 9.83. The zero-order valence-corrected chi connectivity index (χ0v) is 28.4. The molecule has 11 heteroatoms. The monoisotopic (exact) mass is 624 g/mol. The summed E-state index contributed by atoms with van der Waals surface area (Å²) in [6, 6.07) is -0.228. The lowest BCUT2D eigenvalue weighted by Gasteiger charge is -2.47. The third kappa shape index (κ3) is 7.97. The molecule has 252 valence electrons. The van der Waals surface area contributed by atoms with Crippen molar-refractivity contribution in [1.29, 1.82) is 0 Å². The van der Waals surface area contributed by atoms with Crippen molar-refractivity contribution in [2.75, 3.05) is 34.4 Å². The van der Waals surface area contributed by atoms with Crippen molar-refractivity contribution in [1.82, 2.24) is 4.90 Å². The molecule has 2 bridgehead atoms. The zero-order valence-electron chi connectivity index (χ0n) is 28.4. The molecule has 3 heterocycles. The summed E-state index contributed by atoms with van der Waals surface area (Å²) in [6.07, 6.45) is -3.32. The second kappa shape index (κ2) is 14.8. The average molecular weight is 625 g/mol. The minimum Gasteiger partial charge on any atom is -0.459 e. The molecule has 3 rings (SSSR count). The van der Waals surface area contributed by atoms with Gasteiger partial charge in [0.1, 0.15) is 23.7 Å². The Balaban J connectivity index is 2.19. The molecule has 3 saturated heterocycles. The summed E-state index contributed by atoms with van der Waals surface area (Å²) in [5.41, 5.74) is -1.30. The van der Waals surface area contributed by atoms with Gasteiger partial charge in [-0.05, 0) is 72.5 Å². The number of carbonyl (C=O) groups is 2. The van der Waals surface area contributed by atoms with E-state index in [4.69, 9.17) is 23.7 Å². The Labute approximate surface area is 263 Å². The summed E-state index contributed by atoms with van der Waals surface area (Å²) in [7, 11) is 5.49. The summed E-state index contributed by atoms with van der Waals surface area (Å²) >= 11 is 0. The molecule has 0 unspecified atom stereocenters. The fraction of sp³-hybridized carbons (Fsp3) is 0.848. The molecule has 12 atom stereocenters. The van der Waals surface area contributed by atoms with Crippen LogP contribution in [0.2, 0.25) is 0 Å². The van der Waals surface area contributed by atoms with Crippen LogP contribution in [0.25, 0.3) is 0 Å².